The Morgan fingerprint density at radius 3 is 2.58 bits per heavy atom. The highest BCUT2D eigenvalue weighted by molar-refractivity contribution is 9.10. The molecule has 4 nitrogen and oxygen atoms in total. The highest BCUT2D eigenvalue weighted by Gasteiger charge is 2.15. The van der Waals surface area contributed by atoms with Crippen LogP contribution in [0.2, 0.25) is 0 Å². The van der Waals surface area contributed by atoms with Crippen LogP contribution in [0.15, 0.2) is 22.7 Å². The van der Waals surface area contributed by atoms with Crippen LogP contribution in [-0.4, -0.2) is 39.1 Å². The fourth-order valence-corrected chi connectivity index (χ4v) is 2.62. The van der Waals surface area contributed by atoms with Crippen LogP contribution in [0, 0.1) is 5.82 Å². The Morgan fingerprint density at radius 1 is 1.42 bits per heavy atom. The van der Waals surface area contributed by atoms with Crippen LogP contribution >= 0.6 is 15.9 Å². The molecule has 1 unspecified atom stereocenters. The summed E-state index contributed by atoms with van der Waals surface area (Å²) < 4.78 is 38.7. The molecule has 0 heterocycles. The standard InChI is InChI=1S/C12H18BrFN2O2S/c1-9(11-5-4-10(13)8-12(11)14)15-6-7-19(17,18)16(2)3/h4-5,8-9,15H,6-7H2,1-3H3. The van der Waals surface area contributed by atoms with Gasteiger partial charge in [-0.2, -0.15) is 0 Å². The van der Waals surface area contributed by atoms with E-state index in [1.807, 2.05) is 0 Å². The molecule has 0 spiro atoms. The second kappa shape index (κ2) is 6.78. The van der Waals surface area contributed by atoms with Gasteiger partial charge in [-0.3, -0.25) is 0 Å². The lowest BCUT2D eigenvalue weighted by atomic mass is 10.1. The second-order valence-electron chi connectivity index (χ2n) is 4.44. The Morgan fingerprint density at radius 2 is 2.05 bits per heavy atom. The predicted molar refractivity (Wildman–Crippen MR) is 78.0 cm³/mol. The number of nitrogens with zero attached hydrogens (tertiary/aromatic N) is 1. The van der Waals surface area contributed by atoms with Gasteiger partial charge in [-0.15, -0.1) is 0 Å². The SMILES string of the molecule is CC(NCCS(=O)(=O)N(C)C)c1ccc(Br)cc1F. The van der Waals surface area contributed by atoms with Gasteiger partial charge in [0, 0.05) is 36.7 Å². The van der Waals surface area contributed by atoms with Gasteiger partial charge in [-0.05, 0) is 19.1 Å². The van der Waals surface area contributed by atoms with Crippen molar-refractivity contribution in [2.24, 2.45) is 0 Å². The van der Waals surface area contributed by atoms with Gasteiger partial charge in [-0.25, -0.2) is 17.1 Å². The zero-order valence-electron chi connectivity index (χ0n) is 11.2. The van der Waals surface area contributed by atoms with Crippen LogP contribution in [0.25, 0.3) is 0 Å². The van der Waals surface area contributed by atoms with Gasteiger partial charge >= 0.3 is 0 Å². The molecule has 1 aromatic carbocycles. The third-order valence-corrected chi connectivity index (χ3v) is 5.12. The van der Waals surface area contributed by atoms with Crippen LogP contribution < -0.4 is 5.32 Å². The molecule has 7 heteroatoms. The smallest absolute Gasteiger partial charge is 0.214 e. The summed E-state index contributed by atoms with van der Waals surface area (Å²) in [5, 5.41) is 3.01. The number of nitrogens with one attached hydrogen (secondary N) is 1. The maximum atomic E-state index is 13.7. The molecule has 0 fully saturated rings. The summed E-state index contributed by atoms with van der Waals surface area (Å²) in [4.78, 5) is 0. The van der Waals surface area contributed by atoms with E-state index in [0.29, 0.717) is 10.0 Å². The molecule has 1 N–H and O–H groups in total. The van der Waals surface area contributed by atoms with Crippen LogP contribution in [0.4, 0.5) is 4.39 Å². The van der Waals surface area contributed by atoms with Crippen molar-refractivity contribution in [1.29, 1.82) is 0 Å². The average Bonchev–Trinajstić information content (AvgIpc) is 2.28. The first-order valence-electron chi connectivity index (χ1n) is 5.82. The van der Waals surface area contributed by atoms with E-state index in [4.69, 9.17) is 0 Å². The first-order chi connectivity index (χ1) is 8.74. The molecular formula is C12H18BrFN2O2S. The molecule has 0 aliphatic heterocycles. The van der Waals surface area contributed by atoms with Crippen LogP contribution in [-0.2, 0) is 10.0 Å². The fraction of sp³-hybridized carbons (Fsp3) is 0.500. The van der Waals surface area contributed by atoms with Gasteiger partial charge in [0.25, 0.3) is 0 Å². The Hall–Kier alpha value is -0.500. The quantitative estimate of drug-likeness (QED) is 0.853. The van der Waals surface area contributed by atoms with E-state index >= 15 is 0 Å². The van der Waals surface area contributed by atoms with Crippen molar-refractivity contribution in [3.05, 3.63) is 34.1 Å². The Labute approximate surface area is 122 Å². The maximum absolute atomic E-state index is 13.7. The predicted octanol–water partition coefficient (Wildman–Crippen LogP) is 2.13. The van der Waals surface area contributed by atoms with E-state index in [1.54, 1.807) is 19.1 Å². The highest BCUT2D eigenvalue weighted by Crippen LogP contribution is 2.20. The number of benzene rings is 1. The van der Waals surface area contributed by atoms with Gasteiger partial charge < -0.3 is 5.32 Å². The summed E-state index contributed by atoms with van der Waals surface area (Å²) >= 11 is 3.19. The van der Waals surface area contributed by atoms with E-state index in [9.17, 15) is 12.8 Å². The molecule has 1 atom stereocenters. The average molecular weight is 353 g/mol. The molecule has 0 amide bonds. The number of hydrogen-bond acceptors (Lipinski definition) is 3. The summed E-state index contributed by atoms with van der Waals surface area (Å²) in [5.41, 5.74) is 0.519. The summed E-state index contributed by atoms with van der Waals surface area (Å²) in [6.07, 6.45) is 0. The van der Waals surface area contributed by atoms with Crippen molar-refractivity contribution in [3.63, 3.8) is 0 Å². The van der Waals surface area contributed by atoms with Gasteiger partial charge in [-0.1, -0.05) is 22.0 Å². The molecule has 108 valence electrons. The van der Waals surface area contributed by atoms with E-state index in [0.717, 1.165) is 0 Å². The van der Waals surface area contributed by atoms with E-state index in [1.165, 1.54) is 24.5 Å². The minimum atomic E-state index is -3.22. The second-order valence-corrected chi connectivity index (χ2v) is 7.66. The molecule has 1 rings (SSSR count). The zero-order valence-corrected chi connectivity index (χ0v) is 13.6. The Bertz CT molecular complexity index is 535. The van der Waals surface area contributed by atoms with Crippen molar-refractivity contribution >= 4 is 26.0 Å². The minimum absolute atomic E-state index is 0.0114. The summed E-state index contributed by atoms with van der Waals surface area (Å²) in [6.45, 7) is 2.08. The normalized spacial score (nSPS) is 13.8. The van der Waals surface area contributed by atoms with E-state index in [-0.39, 0.29) is 24.2 Å². The highest BCUT2D eigenvalue weighted by atomic mass is 79.9. The molecule has 0 radical (unpaired) electrons. The van der Waals surface area contributed by atoms with E-state index in [2.05, 4.69) is 21.2 Å². The third kappa shape index (κ3) is 4.83. The number of hydrogen-bond donors (Lipinski definition) is 1. The molecule has 0 saturated carbocycles. The van der Waals surface area contributed by atoms with Crippen molar-refractivity contribution in [3.8, 4) is 0 Å². The van der Waals surface area contributed by atoms with Gasteiger partial charge in [0.2, 0.25) is 10.0 Å². The number of rotatable bonds is 6. The van der Waals surface area contributed by atoms with Crippen molar-refractivity contribution < 1.29 is 12.8 Å². The molecule has 19 heavy (non-hydrogen) atoms. The van der Waals surface area contributed by atoms with Gasteiger partial charge in [0.15, 0.2) is 0 Å². The zero-order chi connectivity index (χ0) is 14.6. The maximum Gasteiger partial charge on any atom is 0.214 e. The lowest BCUT2D eigenvalue weighted by Crippen LogP contribution is -2.32. The summed E-state index contributed by atoms with van der Waals surface area (Å²) in [7, 11) is -0.237. The van der Waals surface area contributed by atoms with E-state index < -0.39 is 10.0 Å². The van der Waals surface area contributed by atoms with Crippen LogP contribution in [0.5, 0.6) is 0 Å². The Kier molecular flexibility index (Phi) is 5.91. The van der Waals surface area contributed by atoms with Crippen LogP contribution in [0.3, 0.4) is 0 Å². The molecule has 0 aliphatic rings. The molecular weight excluding hydrogens is 335 g/mol. The first-order valence-corrected chi connectivity index (χ1v) is 8.23. The molecule has 1 aromatic rings. The third-order valence-electron chi connectivity index (χ3n) is 2.80. The fourth-order valence-electron chi connectivity index (χ4n) is 1.55. The number of sulfonamides is 1. The monoisotopic (exact) mass is 352 g/mol. The van der Waals surface area contributed by atoms with Crippen molar-refractivity contribution in [1.82, 2.24) is 9.62 Å². The van der Waals surface area contributed by atoms with Crippen molar-refractivity contribution in [2.75, 3.05) is 26.4 Å². The minimum Gasteiger partial charge on any atom is -0.309 e. The molecule has 0 aromatic heterocycles. The number of halogens is 2. The van der Waals surface area contributed by atoms with Gasteiger partial charge in [0.1, 0.15) is 5.82 Å². The van der Waals surface area contributed by atoms with Crippen LogP contribution in [0.1, 0.15) is 18.5 Å². The molecule has 0 saturated heterocycles. The topological polar surface area (TPSA) is 49.4 Å². The lowest BCUT2D eigenvalue weighted by Gasteiger charge is -2.16. The molecule has 0 bridgehead atoms. The summed E-state index contributed by atoms with van der Waals surface area (Å²) in [5.74, 6) is -0.326. The summed E-state index contributed by atoms with van der Waals surface area (Å²) in [6, 6.07) is 4.58. The van der Waals surface area contributed by atoms with Crippen molar-refractivity contribution in [2.45, 2.75) is 13.0 Å². The van der Waals surface area contributed by atoms with Gasteiger partial charge in [0.05, 0.1) is 5.75 Å². The Balaban J connectivity index is 2.59. The molecule has 0 aliphatic carbocycles. The first kappa shape index (κ1) is 16.6. The largest absolute Gasteiger partial charge is 0.309 e. The lowest BCUT2D eigenvalue weighted by molar-refractivity contribution is 0.507.